The lowest BCUT2D eigenvalue weighted by Crippen LogP contribution is -2.41. The van der Waals surface area contributed by atoms with Crippen molar-refractivity contribution in [1.29, 1.82) is 0 Å². The number of thiophene rings is 1. The Morgan fingerprint density at radius 2 is 2.30 bits per heavy atom. The van der Waals surface area contributed by atoms with Gasteiger partial charge in [0.15, 0.2) is 10.4 Å². The second kappa shape index (κ2) is 5.35. The minimum absolute atomic E-state index is 0.204. The van der Waals surface area contributed by atoms with Crippen LogP contribution in [0.4, 0.5) is 0 Å². The molecule has 4 nitrogen and oxygen atoms in total. The molecule has 20 heavy (non-hydrogen) atoms. The van der Waals surface area contributed by atoms with Crippen molar-refractivity contribution in [3.8, 4) is 0 Å². The molecule has 3 rings (SSSR count). The first kappa shape index (κ1) is 13.9. The summed E-state index contributed by atoms with van der Waals surface area (Å²) in [5.41, 5.74) is -0.965. The van der Waals surface area contributed by atoms with E-state index in [1.54, 1.807) is 12.1 Å². The highest BCUT2D eigenvalue weighted by Crippen LogP contribution is 2.46. The van der Waals surface area contributed by atoms with Crippen molar-refractivity contribution in [3.63, 3.8) is 0 Å². The summed E-state index contributed by atoms with van der Waals surface area (Å²) in [6.07, 6.45) is 1.99. The molecule has 106 valence electrons. The van der Waals surface area contributed by atoms with Crippen molar-refractivity contribution in [1.82, 2.24) is 5.32 Å². The molecule has 0 spiro atoms. The molecular weight excluding hydrogens is 342 g/mol. The molecule has 0 aromatic carbocycles. The SMILES string of the molecule is O=C(NCC(O)(c1cccs1)C1CC1)c1ccc(Br)o1. The maximum Gasteiger partial charge on any atom is 0.287 e. The third kappa shape index (κ3) is 2.68. The number of hydrogen-bond acceptors (Lipinski definition) is 4. The van der Waals surface area contributed by atoms with Gasteiger partial charge >= 0.3 is 0 Å². The maximum atomic E-state index is 12.0. The van der Waals surface area contributed by atoms with Crippen LogP contribution in [0.1, 0.15) is 28.3 Å². The molecule has 1 unspecified atom stereocenters. The van der Waals surface area contributed by atoms with Crippen LogP contribution >= 0.6 is 27.3 Å². The minimum Gasteiger partial charge on any atom is -0.444 e. The third-order valence-electron chi connectivity index (χ3n) is 3.52. The van der Waals surface area contributed by atoms with Crippen molar-refractivity contribution in [3.05, 3.63) is 45.0 Å². The van der Waals surface area contributed by atoms with Crippen LogP contribution in [0.3, 0.4) is 0 Å². The van der Waals surface area contributed by atoms with E-state index in [2.05, 4.69) is 21.2 Å². The quantitative estimate of drug-likeness (QED) is 0.865. The first-order valence-corrected chi connectivity index (χ1v) is 8.07. The molecule has 2 N–H and O–H groups in total. The maximum absolute atomic E-state index is 12.0. The van der Waals surface area contributed by atoms with Crippen molar-refractivity contribution in [2.24, 2.45) is 5.92 Å². The van der Waals surface area contributed by atoms with Gasteiger partial charge in [0, 0.05) is 4.88 Å². The van der Waals surface area contributed by atoms with E-state index in [1.165, 1.54) is 11.3 Å². The van der Waals surface area contributed by atoms with Crippen LogP contribution in [0.25, 0.3) is 0 Å². The van der Waals surface area contributed by atoms with Crippen LogP contribution in [0.5, 0.6) is 0 Å². The van der Waals surface area contributed by atoms with Gasteiger partial charge in [-0.25, -0.2) is 0 Å². The number of carbonyl (C=O) groups is 1. The topological polar surface area (TPSA) is 62.5 Å². The number of rotatable bonds is 5. The van der Waals surface area contributed by atoms with E-state index in [4.69, 9.17) is 4.42 Å². The Balaban J connectivity index is 1.70. The fourth-order valence-corrected chi connectivity index (χ4v) is 3.47. The van der Waals surface area contributed by atoms with Gasteiger partial charge in [0.2, 0.25) is 0 Å². The van der Waals surface area contributed by atoms with Crippen molar-refractivity contribution < 1.29 is 14.3 Å². The number of halogens is 1. The van der Waals surface area contributed by atoms with E-state index in [9.17, 15) is 9.90 Å². The molecule has 1 aliphatic rings. The van der Waals surface area contributed by atoms with Gasteiger partial charge in [-0.15, -0.1) is 11.3 Å². The van der Waals surface area contributed by atoms with Crippen molar-refractivity contribution in [2.75, 3.05) is 6.54 Å². The zero-order chi connectivity index (χ0) is 14.2. The summed E-state index contributed by atoms with van der Waals surface area (Å²) in [4.78, 5) is 12.9. The average Bonchev–Trinajstić information content (AvgIpc) is 2.98. The highest BCUT2D eigenvalue weighted by Gasteiger charge is 2.46. The first-order valence-electron chi connectivity index (χ1n) is 6.39. The van der Waals surface area contributed by atoms with Crippen LogP contribution in [0, 0.1) is 5.92 Å². The largest absolute Gasteiger partial charge is 0.444 e. The van der Waals surface area contributed by atoms with E-state index < -0.39 is 5.60 Å². The van der Waals surface area contributed by atoms with Gasteiger partial charge in [-0.3, -0.25) is 4.79 Å². The standard InChI is InChI=1S/C14H14BrNO3S/c15-12-6-5-10(19-12)13(17)16-8-14(18,9-3-4-9)11-2-1-7-20-11/h1-2,5-7,9,18H,3-4,8H2,(H,16,17). The summed E-state index contributed by atoms with van der Waals surface area (Å²) >= 11 is 4.68. The van der Waals surface area contributed by atoms with E-state index in [0.717, 1.165) is 17.7 Å². The molecule has 2 aromatic heterocycles. The van der Waals surface area contributed by atoms with Crippen molar-refractivity contribution in [2.45, 2.75) is 18.4 Å². The Morgan fingerprint density at radius 1 is 1.50 bits per heavy atom. The number of amides is 1. The van der Waals surface area contributed by atoms with Gasteiger partial charge in [-0.05, 0) is 58.3 Å². The van der Waals surface area contributed by atoms with Gasteiger partial charge in [0.05, 0.1) is 6.54 Å². The number of furan rings is 1. The van der Waals surface area contributed by atoms with E-state index in [1.807, 2.05) is 17.5 Å². The average molecular weight is 356 g/mol. The first-order chi connectivity index (χ1) is 9.59. The van der Waals surface area contributed by atoms with Crippen molar-refractivity contribution >= 4 is 33.2 Å². The second-order valence-electron chi connectivity index (χ2n) is 4.96. The Hall–Kier alpha value is -1.11. The van der Waals surface area contributed by atoms with E-state index >= 15 is 0 Å². The Labute approximate surface area is 128 Å². The molecule has 6 heteroatoms. The molecular formula is C14H14BrNO3S. The zero-order valence-electron chi connectivity index (χ0n) is 10.6. The van der Waals surface area contributed by atoms with Crippen LogP contribution < -0.4 is 5.32 Å². The number of aliphatic hydroxyl groups is 1. The van der Waals surface area contributed by atoms with Crippen LogP contribution in [-0.4, -0.2) is 17.6 Å². The zero-order valence-corrected chi connectivity index (χ0v) is 13.0. The Kier molecular flexibility index (Phi) is 3.70. The molecule has 0 saturated heterocycles. The lowest BCUT2D eigenvalue weighted by atomic mass is 9.95. The highest BCUT2D eigenvalue weighted by atomic mass is 79.9. The Morgan fingerprint density at radius 3 is 2.85 bits per heavy atom. The van der Waals surface area contributed by atoms with Crippen LogP contribution in [-0.2, 0) is 5.60 Å². The van der Waals surface area contributed by atoms with Crippen LogP contribution in [0.15, 0.2) is 38.7 Å². The molecule has 1 saturated carbocycles. The summed E-state index contributed by atoms with van der Waals surface area (Å²) in [5.74, 6) is 0.150. The summed E-state index contributed by atoms with van der Waals surface area (Å²) in [7, 11) is 0. The highest BCUT2D eigenvalue weighted by molar-refractivity contribution is 9.10. The van der Waals surface area contributed by atoms with Crippen LogP contribution in [0.2, 0.25) is 0 Å². The predicted molar refractivity (Wildman–Crippen MR) is 79.7 cm³/mol. The lowest BCUT2D eigenvalue weighted by Gasteiger charge is -2.27. The molecule has 1 atom stereocenters. The summed E-state index contributed by atoms with van der Waals surface area (Å²) < 4.78 is 5.72. The number of nitrogens with one attached hydrogen (secondary N) is 1. The molecule has 0 bridgehead atoms. The predicted octanol–water partition coefficient (Wildman–Crippen LogP) is 3.13. The van der Waals surface area contributed by atoms with Gasteiger partial charge in [-0.1, -0.05) is 6.07 Å². The normalized spacial score (nSPS) is 17.7. The van der Waals surface area contributed by atoms with Gasteiger partial charge in [0.1, 0.15) is 5.60 Å². The molecule has 2 aromatic rings. The third-order valence-corrected chi connectivity index (χ3v) is 4.98. The number of carbonyl (C=O) groups excluding carboxylic acids is 1. The van der Waals surface area contributed by atoms with E-state index in [0.29, 0.717) is 4.67 Å². The van der Waals surface area contributed by atoms with Gasteiger partial charge in [-0.2, -0.15) is 0 Å². The Bertz CT molecular complexity index is 606. The molecule has 0 aliphatic heterocycles. The summed E-state index contributed by atoms with van der Waals surface area (Å²) in [6.45, 7) is 0.204. The fraction of sp³-hybridized carbons (Fsp3) is 0.357. The minimum atomic E-state index is -0.965. The molecule has 1 fully saturated rings. The van der Waals surface area contributed by atoms with E-state index in [-0.39, 0.29) is 24.1 Å². The lowest BCUT2D eigenvalue weighted by molar-refractivity contribution is 0.0166. The monoisotopic (exact) mass is 355 g/mol. The molecule has 0 radical (unpaired) electrons. The van der Waals surface area contributed by atoms with Gasteiger partial charge < -0.3 is 14.8 Å². The smallest absolute Gasteiger partial charge is 0.287 e. The summed E-state index contributed by atoms with van der Waals surface area (Å²) in [5, 5.41) is 15.6. The fourth-order valence-electron chi connectivity index (χ4n) is 2.26. The second-order valence-corrected chi connectivity index (χ2v) is 6.69. The summed E-state index contributed by atoms with van der Waals surface area (Å²) in [6, 6.07) is 7.10. The van der Waals surface area contributed by atoms with Gasteiger partial charge in [0.25, 0.3) is 5.91 Å². The number of hydrogen-bond donors (Lipinski definition) is 2. The molecule has 2 heterocycles. The molecule has 1 aliphatic carbocycles. The molecule has 1 amide bonds.